The Morgan fingerprint density at radius 1 is 1.32 bits per heavy atom. The molecule has 0 fully saturated rings. The molecule has 2 aromatic carbocycles. The van der Waals surface area contributed by atoms with Crippen LogP contribution in [0, 0.1) is 12.3 Å². The molecule has 3 aromatic rings. The van der Waals surface area contributed by atoms with Crippen LogP contribution in [-0.4, -0.2) is 21.0 Å². The molecule has 0 spiro atoms. The minimum atomic E-state index is -3.80. The SMILES string of the molecule is C#Cc1cc(C(=O)Nc2ccc(OC(F)(F)Cl)cc2)cc2ncn(C(C)C)c12. The van der Waals surface area contributed by atoms with Gasteiger partial charge in [0.1, 0.15) is 5.75 Å². The lowest BCUT2D eigenvalue weighted by Gasteiger charge is -2.12. The van der Waals surface area contributed by atoms with E-state index in [1.165, 1.54) is 24.3 Å². The van der Waals surface area contributed by atoms with Crippen molar-refractivity contribution < 1.29 is 18.3 Å². The second-order valence-corrected chi connectivity index (χ2v) is 6.75. The number of hydrogen-bond donors (Lipinski definition) is 1. The van der Waals surface area contributed by atoms with Gasteiger partial charge < -0.3 is 14.6 Å². The molecule has 0 bridgehead atoms. The number of terminal acetylenes is 1. The second kappa shape index (κ2) is 7.49. The third-order valence-electron chi connectivity index (χ3n) is 3.99. The Kier molecular flexibility index (Phi) is 5.25. The van der Waals surface area contributed by atoms with Crippen molar-refractivity contribution in [2.45, 2.75) is 25.5 Å². The first-order chi connectivity index (χ1) is 13.2. The first-order valence-corrected chi connectivity index (χ1v) is 8.70. The van der Waals surface area contributed by atoms with Gasteiger partial charge >= 0.3 is 5.57 Å². The molecule has 144 valence electrons. The summed E-state index contributed by atoms with van der Waals surface area (Å²) in [6.07, 6.45) is 7.31. The largest absolute Gasteiger partial charge is 0.487 e. The molecule has 1 N–H and O–H groups in total. The molecule has 0 aliphatic carbocycles. The molecule has 0 saturated heterocycles. The summed E-state index contributed by atoms with van der Waals surface area (Å²) in [6, 6.07) is 8.81. The van der Waals surface area contributed by atoms with E-state index < -0.39 is 11.5 Å². The number of aromatic nitrogens is 2. The van der Waals surface area contributed by atoms with E-state index >= 15 is 0 Å². The maximum absolute atomic E-state index is 12.6. The number of rotatable bonds is 5. The number of nitrogens with zero attached hydrogens (tertiary/aromatic N) is 2. The van der Waals surface area contributed by atoms with Crippen molar-refractivity contribution in [1.82, 2.24) is 9.55 Å². The van der Waals surface area contributed by atoms with Crippen molar-refractivity contribution >= 4 is 34.2 Å². The van der Waals surface area contributed by atoms with Gasteiger partial charge in [0.2, 0.25) is 0 Å². The fourth-order valence-corrected chi connectivity index (χ4v) is 2.84. The summed E-state index contributed by atoms with van der Waals surface area (Å²) in [5.41, 5.74) is -1.11. The van der Waals surface area contributed by atoms with E-state index in [1.807, 2.05) is 18.4 Å². The molecule has 0 saturated carbocycles. The number of hydrogen-bond acceptors (Lipinski definition) is 3. The van der Waals surface area contributed by atoms with Gasteiger partial charge in [-0.2, -0.15) is 0 Å². The Morgan fingerprint density at radius 3 is 2.57 bits per heavy atom. The molecule has 8 heteroatoms. The standard InChI is InChI=1S/C20H16ClF2N3O2/c1-4-13-9-14(10-17-18(13)26(11-24-17)12(2)3)19(27)25-15-5-7-16(8-6-15)28-20(21,22)23/h1,5-12H,2-3H3,(H,25,27). The fraction of sp³-hybridized carbons (Fsp3) is 0.200. The van der Waals surface area contributed by atoms with Crippen LogP contribution in [0.3, 0.4) is 0 Å². The Labute approximate surface area is 165 Å². The summed E-state index contributed by atoms with van der Waals surface area (Å²) in [7, 11) is 0. The molecule has 0 unspecified atom stereocenters. The fourth-order valence-electron chi connectivity index (χ4n) is 2.75. The second-order valence-electron chi connectivity index (χ2n) is 6.31. The van der Waals surface area contributed by atoms with E-state index in [9.17, 15) is 13.6 Å². The monoisotopic (exact) mass is 403 g/mol. The number of fused-ring (bicyclic) bond motifs is 1. The van der Waals surface area contributed by atoms with Crippen LogP contribution in [0.4, 0.5) is 14.5 Å². The van der Waals surface area contributed by atoms with Gasteiger partial charge in [-0.05, 0) is 50.2 Å². The quantitative estimate of drug-likeness (QED) is 0.480. The summed E-state index contributed by atoms with van der Waals surface area (Å²) in [5, 5.41) is 2.68. The number of anilines is 1. The summed E-state index contributed by atoms with van der Waals surface area (Å²) in [5.74, 6) is 2.06. The van der Waals surface area contributed by atoms with Crippen LogP contribution < -0.4 is 10.1 Å². The predicted molar refractivity (Wildman–Crippen MR) is 104 cm³/mol. The van der Waals surface area contributed by atoms with Gasteiger partial charge in [0.05, 0.1) is 22.9 Å². The van der Waals surface area contributed by atoms with Gasteiger partial charge in [-0.25, -0.2) is 4.98 Å². The smallest absolute Gasteiger partial charge is 0.420 e. The average molecular weight is 404 g/mol. The van der Waals surface area contributed by atoms with Crippen molar-refractivity contribution in [2.75, 3.05) is 5.32 Å². The van der Waals surface area contributed by atoms with Crippen LogP contribution in [0.15, 0.2) is 42.7 Å². The highest BCUT2D eigenvalue weighted by Gasteiger charge is 2.27. The number of carbonyl (C=O) groups excluding carboxylic acids is 1. The van der Waals surface area contributed by atoms with Crippen LogP contribution in [0.2, 0.25) is 0 Å². The number of benzene rings is 2. The zero-order chi connectivity index (χ0) is 20.5. The minimum absolute atomic E-state index is 0.131. The van der Waals surface area contributed by atoms with Crippen molar-refractivity contribution in [1.29, 1.82) is 0 Å². The van der Waals surface area contributed by atoms with Crippen molar-refractivity contribution in [3.05, 3.63) is 53.9 Å². The van der Waals surface area contributed by atoms with Gasteiger partial charge in [-0.3, -0.25) is 4.79 Å². The van der Waals surface area contributed by atoms with Gasteiger partial charge in [-0.1, -0.05) is 5.92 Å². The van der Waals surface area contributed by atoms with Gasteiger partial charge in [0.25, 0.3) is 5.91 Å². The summed E-state index contributed by atoms with van der Waals surface area (Å²) < 4.78 is 31.5. The van der Waals surface area contributed by atoms with Crippen LogP contribution in [0.1, 0.15) is 35.8 Å². The first-order valence-electron chi connectivity index (χ1n) is 8.32. The molecular formula is C20H16ClF2N3O2. The number of amides is 1. The number of halogens is 3. The molecule has 1 amide bonds. The van der Waals surface area contributed by atoms with E-state index in [4.69, 9.17) is 18.0 Å². The lowest BCUT2D eigenvalue weighted by atomic mass is 10.1. The topological polar surface area (TPSA) is 56.1 Å². The maximum atomic E-state index is 12.6. The van der Waals surface area contributed by atoms with E-state index in [1.54, 1.807) is 18.5 Å². The number of carbonyl (C=O) groups is 1. The van der Waals surface area contributed by atoms with Crippen LogP contribution >= 0.6 is 11.6 Å². The Bertz CT molecular complexity index is 1060. The number of imidazole rings is 1. The van der Waals surface area contributed by atoms with Gasteiger partial charge in [0.15, 0.2) is 0 Å². The van der Waals surface area contributed by atoms with E-state index in [0.717, 1.165) is 5.52 Å². The predicted octanol–water partition coefficient (Wildman–Crippen LogP) is 5.02. The zero-order valence-electron chi connectivity index (χ0n) is 15.0. The first kappa shape index (κ1) is 19.6. The van der Waals surface area contributed by atoms with Crippen LogP contribution in [-0.2, 0) is 0 Å². The highest BCUT2D eigenvalue weighted by Crippen LogP contribution is 2.27. The molecular weight excluding hydrogens is 388 g/mol. The Morgan fingerprint density at radius 2 is 2.00 bits per heavy atom. The van der Waals surface area contributed by atoms with Crippen LogP contribution in [0.5, 0.6) is 5.75 Å². The molecule has 1 heterocycles. The molecule has 28 heavy (non-hydrogen) atoms. The van der Waals surface area contributed by atoms with Crippen molar-refractivity contribution in [3.8, 4) is 18.1 Å². The molecule has 0 aliphatic rings. The highest BCUT2D eigenvalue weighted by atomic mass is 35.5. The van der Waals surface area contributed by atoms with Gasteiger partial charge in [0, 0.05) is 28.9 Å². The highest BCUT2D eigenvalue weighted by molar-refractivity contribution is 6.20. The lowest BCUT2D eigenvalue weighted by Crippen LogP contribution is -2.16. The molecule has 3 rings (SSSR count). The lowest BCUT2D eigenvalue weighted by molar-refractivity contribution is -0.0964. The number of alkyl halides is 3. The zero-order valence-corrected chi connectivity index (χ0v) is 15.8. The molecule has 0 aliphatic heterocycles. The minimum Gasteiger partial charge on any atom is -0.420 e. The van der Waals surface area contributed by atoms with E-state index in [2.05, 4.69) is 21.0 Å². The third kappa shape index (κ3) is 4.24. The Balaban J connectivity index is 1.85. The van der Waals surface area contributed by atoms with Gasteiger partial charge in [-0.15, -0.1) is 15.2 Å². The molecule has 1 aromatic heterocycles. The summed E-state index contributed by atoms with van der Waals surface area (Å²) >= 11 is 4.72. The average Bonchev–Trinajstić information content (AvgIpc) is 3.05. The van der Waals surface area contributed by atoms with Crippen molar-refractivity contribution in [2.24, 2.45) is 0 Å². The summed E-state index contributed by atoms with van der Waals surface area (Å²) in [6.45, 7) is 4.02. The van der Waals surface area contributed by atoms with Crippen molar-refractivity contribution in [3.63, 3.8) is 0 Å². The normalized spacial score (nSPS) is 11.5. The van der Waals surface area contributed by atoms with Crippen LogP contribution in [0.25, 0.3) is 11.0 Å². The summed E-state index contributed by atoms with van der Waals surface area (Å²) in [4.78, 5) is 16.9. The third-order valence-corrected chi connectivity index (χ3v) is 4.07. The molecule has 0 atom stereocenters. The molecule has 5 nitrogen and oxygen atoms in total. The van der Waals surface area contributed by atoms with E-state index in [0.29, 0.717) is 22.3 Å². The number of ether oxygens (including phenoxy) is 1. The number of nitrogens with one attached hydrogen (secondary N) is 1. The maximum Gasteiger partial charge on any atom is 0.487 e. The molecule has 0 radical (unpaired) electrons. The Hall–Kier alpha value is -3.11. The van der Waals surface area contributed by atoms with E-state index in [-0.39, 0.29) is 11.8 Å².